The van der Waals surface area contributed by atoms with Crippen LogP contribution in [0.4, 0.5) is 4.79 Å². The summed E-state index contributed by atoms with van der Waals surface area (Å²) < 4.78 is 11.2. The molecule has 0 unspecified atom stereocenters. The highest BCUT2D eigenvalue weighted by Gasteiger charge is 2.25. The van der Waals surface area contributed by atoms with E-state index in [0.29, 0.717) is 32.2 Å². The highest BCUT2D eigenvalue weighted by atomic mass is 32.5. The fraction of sp³-hybridized carbons (Fsp3) is 0.917. The van der Waals surface area contributed by atoms with Crippen molar-refractivity contribution in [2.45, 2.75) is 33.1 Å². The van der Waals surface area contributed by atoms with Gasteiger partial charge in [0.25, 0.3) is 0 Å². The Morgan fingerprint density at radius 3 is 2.26 bits per heavy atom. The topological polar surface area (TPSA) is 59.0 Å². The molecule has 19 heavy (non-hydrogen) atoms. The van der Waals surface area contributed by atoms with E-state index in [-0.39, 0.29) is 0 Å². The summed E-state index contributed by atoms with van der Waals surface area (Å²) in [5.41, 5.74) is 0. The highest BCUT2D eigenvalue weighted by molar-refractivity contribution is 8.09. The number of piperidine rings is 1. The van der Waals surface area contributed by atoms with E-state index in [1.165, 1.54) is 4.90 Å². The zero-order chi connectivity index (χ0) is 14.3. The Morgan fingerprint density at radius 2 is 1.84 bits per heavy atom. The lowest BCUT2D eigenvalue weighted by molar-refractivity contribution is 0.123. The summed E-state index contributed by atoms with van der Waals surface area (Å²) in [6.07, 6.45) is 2.79. The Kier molecular flexibility index (Phi) is 7.29. The van der Waals surface area contributed by atoms with Crippen LogP contribution in [0.1, 0.15) is 33.1 Å². The Labute approximate surface area is 120 Å². The van der Waals surface area contributed by atoms with Crippen molar-refractivity contribution in [1.29, 1.82) is 0 Å². The molecule has 1 aliphatic rings. The fourth-order valence-electron chi connectivity index (χ4n) is 2.31. The molecule has 0 spiro atoms. The minimum atomic E-state index is -2.12. The fourth-order valence-corrected chi connectivity index (χ4v) is 5.06. The van der Waals surface area contributed by atoms with Gasteiger partial charge in [-0.05, 0) is 50.8 Å². The first-order chi connectivity index (χ1) is 9.00. The Balaban J connectivity index is 2.36. The molecule has 0 bridgehead atoms. The minimum Gasteiger partial charge on any atom is -0.465 e. The van der Waals surface area contributed by atoms with Gasteiger partial charge >= 0.3 is 6.09 Å². The average Bonchev–Trinajstić information content (AvgIpc) is 2.37. The highest BCUT2D eigenvalue weighted by Crippen LogP contribution is 2.49. The molecular formula is C12H24NO4PS. The lowest BCUT2D eigenvalue weighted by Crippen LogP contribution is -2.37. The molecule has 112 valence electrons. The van der Waals surface area contributed by atoms with E-state index >= 15 is 0 Å². The smallest absolute Gasteiger partial charge is 0.407 e. The van der Waals surface area contributed by atoms with Crippen LogP contribution in [0.3, 0.4) is 0 Å². The molecule has 1 aliphatic heterocycles. The summed E-state index contributed by atoms with van der Waals surface area (Å²) in [5.74, 6) is 0.541. The quantitative estimate of drug-likeness (QED) is 0.732. The van der Waals surface area contributed by atoms with Gasteiger partial charge in [-0.3, -0.25) is 0 Å². The van der Waals surface area contributed by atoms with Gasteiger partial charge in [-0.25, -0.2) is 4.79 Å². The molecule has 0 saturated carbocycles. The Morgan fingerprint density at radius 1 is 1.32 bits per heavy atom. The van der Waals surface area contributed by atoms with E-state index in [1.807, 2.05) is 13.8 Å². The molecule has 0 aromatic rings. The molecule has 0 aromatic carbocycles. The van der Waals surface area contributed by atoms with Crippen molar-refractivity contribution >= 4 is 24.4 Å². The monoisotopic (exact) mass is 309 g/mol. The number of likely N-dealkylation sites (tertiary alicyclic amines) is 1. The van der Waals surface area contributed by atoms with Gasteiger partial charge in [-0.2, -0.15) is 0 Å². The van der Waals surface area contributed by atoms with Crippen molar-refractivity contribution in [1.82, 2.24) is 4.90 Å². The van der Waals surface area contributed by atoms with Crippen molar-refractivity contribution in [3.63, 3.8) is 0 Å². The average molecular weight is 309 g/mol. The molecule has 1 fully saturated rings. The molecular weight excluding hydrogens is 285 g/mol. The molecule has 1 heterocycles. The van der Waals surface area contributed by atoms with Crippen LogP contribution in [0.15, 0.2) is 0 Å². The molecule has 0 aromatic heterocycles. The summed E-state index contributed by atoms with van der Waals surface area (Å²) in [4.78, 5) is 12.3. The number of hydrogen-bond donors (Lipinski definition) is 1. The van der Waals surface area contributed by atoms with Gasteiger partial charge in [-0.1, -0.05) is 0 Å². The molecule has 5 nitrogen and oxygen atoms in total. The third-order valence-corrected chi connectivity index (χ3v) is 6.64. The van der Waals surface area contributed by atoms with E-state index in [4.69, 9.17) is 26.0 Å². The van der Waals surface area contributed by atoms with Gasteiger partial charge in [-0.15, -0.1) is 0 Å². The van der Waals surface area contributed by atoms with Crippen molar-refractivity contribution < 1.29 is 18.9 Å². The summed E-state index contributed by atoms with van der Waals surface area (Å²) >= 11 is 5.50. The zero-order valence-corrected chi connectivity index (χ0v) is 13.4. The van der Waals surface area contributed by atoms with Crippen LogP contribution in [-0.2, 0) is 20.9 Å². The Hall–Kier alpha value is -0.160. The first-order valence-corrected chi connectivity index (χ1v) is 9.69. The molecule has 1 rings (SSSR count). The van der Waals surface area contributed by atoms with Crippen LogP contribution in [0.25, 0.3) is 0 Å². The standard InChI is InChI=1S/C12H24NO4PS/c1-3-16-18(19,17-4-2)10-7-11-5-8-13(9-6-11)12(14)15/h11H,3-10H2,1-2H3,(H,14,15). The molecule has 1 amide bonds. The number of rotatable bonds is 7. The van der Waals surface area contributed by atoms with Gasteiger partial charge in [0.2, 0.25) is 0 Å². The molecule has 0 aliphatic carbocycles. The predicted molar refractivity (Wildman–Crippen MR) is 79.3 cm³/mol. The first-order valence-electron chi connectivity index (χ1n) is 6.86. The largest absolute Gasteiger partial charge is 0.465 e. The summed E-state index contributed by atoms with van der Waals surface area (Å²) in [7, 11) is 0. The van der Waals surface area contributed by atoms with E-state index in [1.54, 1.807) is 0 Å². The van der Waals surface area contributed by atoms with Crippen LogP contribution in [-0.4, -0.2) is 48.6 Å². The number of carboxylic acid groups (broad SMARTS) is 1. The number of carbonyl (C=O) groups is 1. The summed E-state index contributed by atoms with van der Waals surface area (Å²) in [6.45, 7) is 4.20. The maximum Gasteiger partial charge on any atom is 0.407 e. The number of amides is 1. The molecule has 1 saturated heterocycles. The van der Waals surface area contributed by atoms with Crippen LogP contribution in [0.5, 0.6) is 0 Å². The third-order valence-electron chi connectivity index (χ3n) is 3.35. The van der Waals surface area contributed by atoms with Gasteiger partial charge in [0.15, 0.2) is 6.49 Å². The Bertz CT molecular complexity index is 322. The van der Waals surface area contributed by atoms with Crippen LogP contribution in [0.2, 0.25) is 0 Å². The van der Waals surface area contributed by atoms with Gasteiger partial charge in [0, 0.05) is 19.3 Å². The van der Waals surface area contributed by atoms with Crippen LogP contribution in [0, 0.1) is 5.92 Å². The second-order valence-electron chi connectivity index (χ2n) is 4.67. The van der Waals surface area contributed by atoms with Gasteiger partial charge < -0.3 is 19.1 Å². The predicted octanol–water partition coefficient (Wildman–Crippen LogP) is 3.15. The number of hydrogen-bond acceptors (Lipinski definition) is 4. The summed E-state index contributed by atoms with van der Waals surface area (Å²) in [5, 5.41) is 8.90. The molecule has 0 radical (unpaired) electrons. The lowest BCUT2D eigenvalue weighted by atomic mass is 9.95. The first kappa shape index (κ1) is 16.9. The SMILES string of the molecule is CCOP(=S)(CCC1CCN(C(=O)O)CC1)OCC. The summed E-state index contributed by atoms with van der Waals surface area (Å²) in [6, 6.07) is 0. The molecule has 0 atom stereocenters. The van der Waals surface area contributed by atoms with E-state index in [2.05, 4.69) is 0 Å². The van der Waals surface area contributed by atoms with Gasteiger partial charge in [0.1, 0.15) is 0 Å². The van der Waals surface area contributed by atoms with Crippen molar-refractivity contribution in [2.24, 2.45) is 5.92 Å². The van der Waals surface area contributed by atoms with E-state index in [0.717, 1.165) is 25.4 Å². The lowest BCUT2D eigenvalue weighted by Gasteiger charge is -2.31. The van der Waals surface area contributed by atoms with Crippen molar-refractivity contribution in [3.05, 3.63) is 0 Å². The van der Waals surface area contributed by atoms with E-state index < -0.39 is 12.6 Å². The minimum absolute atomic E-state index is 0.541. The van der Waals surface area contributed by atoms with Crippen molar-refractivity contribution in [3.8, 4) is 0 Å². The van der Waals surface area contributed by atoms with Gasteiger partial charge in [0.05, 0.1) is 13.2 Å². The normalized spacial score (nSPS) is 17.7. The zero-order valence-electron chi connectivity index (χ0n) is 11.7. The number of nitrogens with zero attached hydrogens (tertiary/aromatic N) is 1. The van der Waals surface area contributed by atoms with Crippen LogP contribution < -0.4 is 0 Å². The van der Waals surface area contributed by atoms with Crippen molar-refractivity contribution in [2.75, 3.05) is 32.5 Å². The maximum absolute atomic E-state index is 10.8. The molecule has 1 N–H and O–H groups in total. The second-order valence-corrected chi connectivity index (χ2v) is 8.53. The molecule has 7 heteroatoms. The third kappa shape index (κ3) is 5.78. The maximum atomic E-state index is 10.8. The second kappa shape index (κ2) is 8.20. The van der Waals surface area contributed by atoms with Crippen LogP contribution >= 0.6 is 6.49 Å². The van der Waals surface area contributed by atoms with E-state index in [9.17, 15) is 4.79 Å².